The summed E-state index contributed by atoms with van der Waals surface area (Å²) in [5, 5.41) is 12.3. The number of rotatable bonds is 5. The fourth-order valence-electron chi connectivity index (χ4n) is 1.59. The summed E-state index contributed by atoms with van der Waals surface area (Å²) in [5.74, 6) is 0.705. The largest absolute Gasteiger partial charge is 0.395 e. The first-order valence-corrected chi connectivity index (χ1v) is 5.46. The van der Waals surface area contributed by atoms with Crippen LogP contribution in [0.1, 0.15) is 19.0 Å². The van der Waals surface area contributed by atoms with E-state index >= 15 is 0 Å². The molecule has 0 aliphatic carbocycles. The lowest BCUT2D eigenvalue weighted by Crippen LogP contribution is -2.31. The number of aromatic nitrogens is 3. The molecule has 1 atom stereocenters. The average molecular weight is 220 g/mol. The number of nitrogens with one attached hydrogen (secondary N) is 1. The third-order valence-electron chi connectivity index (χ3n) is 2.65. The van der Waals surface area contributed by atoms with Crippen LogP contribution in [-0.2, 0) is 6.54 Å². The zero-order valence-electron chi connectivity index (χ0n) is 9.30. The van der Waals surface area contributed by atoms with Crippen LogP contribution in [-0.4, -0.2) is 32.1 Å². The van der Waals surface area contributed by atoms with Crippen molar-refractivity contribution in [2.45, 2.75) is 25.9 Å². The second-order valence-electron chi connectivity index (χ2n) is 3.71. The third-order valence-corrected chi connectivity index (χ3v) is 2.65. The van der Waals surface area contributed by atoms with Crippen molar-refractivity contribution in [1.29, 1.82) is 0 Å². The molecule has 0 radical (unpaired) electrons. The molecule has 1 unspecified atom stereocenters. The van der Waals surface area contributed by atoms with Gasteiger partial charge in [0, 0.05) is 25.0 Å². The van der Waals surface area contributed by atoms with Gasteiger partial charge in [-0.3, -0.25) is 4.40 Å². The first kappa shape index (κ1) is 11.0. The summed E-state index contributed by atoms with van der Waals surface area (Å²) >= 11 is 0. The van der Waals surface area contributed by atoms with Gasteiger partial charge in [-0.2, -0.15) is 0 Å². The quantitative estimate of drug-likeness (QED) is 0.774. The molecule has 2 N–H and O–H groups in total. The predicted molar refractivity (Wildman–Crippen MR) is 61.0 cm³/mol. The molecule has 0 saturated heterocycles. The second-order valence-corrected chi connectivity index (χ2v) is 3.71. The van der Waals surface area contributed by atoms with Crippen LogP contribution in [0, 0.1) is 0 Å². The summed E-state index contributed by atoms with van der Waals surface area (Å²) < 4.78 is 1.94. The minimum Gasteiger partial charge on any atom is -0.395 e. The summed E-state index contributed by atoms with van der Waals surface area (Å²) in [6.45, 7) is 2.89. The van der Waals surface area contributed by atoms with E-state index in [2.05, 4.69) is 15.3 Å². The van der Waals surface area contributed by atoms with Gasteiger partial charge in [-0.15, -0.1) is 0 Å². The van der Waals surface area contributed by atoms with Crippen molar-refractivity contribution in [3.05, 3.63) is 30.4 Å². The molecule has 0 bridgehead atoms. The van der Waals surface area contributed by atoms with Crippen molar-refractivity contribution in [1.82, 2.24) is 19.7 Å². The molecular formula is C11H16N4O. The normalized spacial score (nSPS) is 13.1. The van der Waals surface area contributed by atoms with Gasteiger partial charge in [0.05, 0.1) is 18.5 Å². The molecule has 0 aliphatic rings. The predicted octanol–water partition coefficient (Wildman–Crippen LogP) is 0.590. The lowest BCUT2D eigenvalue weighted by molar-refractivity contribution is 0.238. The van der Waals surface area contributed by atoms with Gasteiger partial charge in [0.25, 0.3) is 0 Å². The Labute approximate surface area is 94.2 Å². The molecule has 2 aromatic heterocycles. The summed E-state index contributed by atoms with van der Waals surface area (Å²) in [5.41, 5.74) is 1.05. The molecule has 5 heteroatoms. The van der Waals surface area contributed by atoms with E-state index in [0.717, 1.165) is 12.1 Å². The van der Waals surface area contributed by atoms with E-state index in [4.69, 9.17) is 5.11 Å². The Morgan fingerprint density at radius 2 is 2.38 bits per heavy atom. The van der Waals surface area contributed by atoms with Crippen molar-refractivity contribution in [2.75, 3.05) is 6.61 Å². The van der Waals surface area contributed by atoms with Crippen LogP contribution in [0.5, 0.6) is 0 Å². The van der Waals surface area contributed by atoms with Gasteiger partial charge in [0.15, 0.2) is 0 Å². The van der Waals surface area contributed by atoms with E-state index in [9.17, 15) is 0 Å². The van der Waals surface area contributed by atoms with Gasteiger partial charge in [0.1, 0.15) is 0 Å². The van der Waals surface area contributed by atoms with Gasteiger partial charge < -0.3 is 10.4 Å². The number of aliphatic hydroxyl groups is 1. The smallest absolute Gasteiger partial charge is 0.233 e. The Morgan fingerprint density at radius 1 is 1.50 bits per heavy atom. The van der Waals surface area contributed by atoms with E-state index in [1.807, 2.05) is 23.6 Å². The van der Waals surface area contributed by atoms with E-state index in [0.29, 0.717) is 12.3 Å². The Morgan fingerprint density at radius 3 is 3.12 bits per heavy atom. The Balaban J connectivity index is 2.09. The van der Waals surface area contributed by atoms with Crippen LogP contribution in [0.3, 0.4) is 0 Å². The molecular weight excluding hydrogens is 204 g/mol. The SMILES string of the molecule is CCC(CO)NCc1cnc2ncccn12. The molecule has 16 heavy (non-hydrogen) atoms. The summed E-state index contributed by atoms with van der Waals surface area (Å²) in [4.78, 5) is 8.34. The zero-order valence-corrected chi connectivity index (χ0v) is 9.30. The molecule has 0 aliphatic heterocycles. The highest BCUT2D eigenvalue weighted by Crippen LogP contribution is 2.03. The Bertz CT molecular complexity index is 450. The van der Waals surface area contributed by atoms with Gasteiger partial charge in [-0.05, 0) is 12.5 Å². The highest BCUT2D eigenvalue weighted by atomic mass is 16.3. The number of hydrogen-bond acceptors (Lipinski definition) is 4. The standard InChI is InChI=1S/C11H16N4O/c1-2-9(8-16)13-6-10-7-14-11-12-4-3-5-15(10)11/h3-5,7,9,13,16H,2,6,8H2,1H3. The van der Waals surface area contributed by atoms with Crippen molar-refractivity contribution < 1.29 is 5.11 Å². The molecule has 0 fully saturated rings. The van der Waals surface area contributed by atoms with Crippen molar-refractivity contribution >= 4 is 5.78 Å². The third kappa shape index (κ3) is 2.20. The van der Waals surface area contributed by atoms with Crippen molar-refractivity contribution in [3.8, 4) is 0 Å². The van der Waals surface area contributed by atoms with Crippen LogP contribution in [0.25, 0.3) is 5.78 Å². The highest BCUT2D eigenvalue weighted by Gasteiger charge is 2.06. The van der Waals surface area contributed by atoms with Crippen molar-refractivity contribution in [3.63, 3.8) is 0 Å². The van der Waals surface area contributed by atoms with E-state index in [-0.39, 0.29) is 12.6 Å². The lowest BCUT2D eigenvalue weighted by Gasteiger charge is -2.13. The maximum absolute atomic E-state index is 9.07. The number of nitrogens with zero attached hydrogens (tertiary/aromatic N) is 3. The second kappa shape index (κ2) is 5.05. The molecule has 0 aromatic carbocycles. The summed E-state index contributed by atoms with van der Waals surface area (Å²) in [6.07, 6.45) is 6.37. The number of aliphatic hydroxyl groups excluding tert-OH is 1. The van der Waals surface area contributed by atoms with Gasteiger partial charge >= 0.3 is 0 Å². The van der Waals surface area contributed by atoms with Crippen LogP contribution in [0.2, 0.25) is 0 Å². The van der Waals surface area contributed by atoms with Crippen LogP contribution >= 0.6 is 0 Å². The van der Waals surface area contributed by atoms with Crippen molar-refractivity contribution in [2.24, 2.45) is 0 Å². The maximum atomic E-state index is 9.07. The van der Waals surface area contributed by atoms with Gasteiger partial charge in [-0.1, -0.05) is 6.92 Å². The van der Waals surface area contributed by atoms with E-state index in [1.165, 1.54) is 0 Å². The summed E-state index contributed by atoms with van der Waals surface area (Å²) in [6, 6.07) is 2.02. The lowest BCUT2D eigenvalue weighted by atomic mass is 10.2. The fraction of sp³-hybridized carbons (Fsp3) is 0.455. The maximum Gasteiger partial charge on any atom is 0.233 e. The molecule has 2 aromatic rings. The zero-order chi connectivity index (χ0) is 11.4. The minimum atomic E-state index is 0.141. The topological polar surface area (TPSA) is 62.5 Å². The molecule has 0 saturated carbocycles. The monoisotopic (exact) mass is 220 g/mol. The number of hydrogen-bond donors (Lipinski definition) is 2. The Hall–Kier alpha value is -1.46. The minimum absolute atomic E-state index is 0.141. The molecule has 0 amide bonds. The molecule has 2 heterocycles. The average Bonchev–Trinajstić information content (AvgIpc) is 2.74. The van der Waals surface area contributed by atoms with Gasteiger partial charge in [-0.25, -0.2) is 9.97 Å². The van der Waals surface area contributed by atoms with E-state index in [1.54, 1.807) is 12.4 Å². The van der Waals surface area contributed by atoms with Gasteiger partial charge in [0.2, 0.25) is 5.78 Å². The Kier molecular flexibility index (Phi) is 3.48. The number of fused-ring (bicyclic) bond motifs is 1. The highest BCUT2D eigenvalue weighted by molar-refractivity contribution is 5.30. The summed E-state index contributed by atoms with van der Waals surface area (Å²) in [7, 11) is 0. The molecule has 0 spiro atoms. The first-order valence-electron chi connectivity index (χ1n) is 5.46. The van der Waals surface area contributed by atoms with Crippen LogP contribution in [0.15, 0.2) is 24.7 Å². The van der Waals surface area contributed by atoms with E-state index < -0.39 is 0 Å². The molecule has 5 nitrogen and oxygen atoms in total. The molecule has 2 rings (SSSR count). The van der Waals surface area contributed by atoms with Crippen LogP contribution < -0.4 is 5.32 Å². The fourth-order valence-corrected chi connectivity index (χ4v) is 1.59. The van der Waals surface area contributed by atoms with Crippen LogP contribution in [0.4, 0.5) is 0 Å². The molecule has 86 valence electrons. The first-order chi connectivity index (χ1) is 7.85. The number of imidazole rings is 1.